The molecule has 2 aliphatic rings. The van der Waals surface area contributed by atoms with E-state index in [0.29, 0.717) is 28.9 Å². The number of aryl methyl sites for hydroxylation is 1. The van der Waals surface area contributed by atoms with E-state index in [9.17, 15) is 9.59 Å². The average molecular weight is 345 g/mol. The maximum Gasteiger partial charge on any atom is 0.231 e. The van der Waals surface area contributed by atoms with Gasteiger partial charge in [0, 0.05) is 30.1 Å². The van der Waals surface area contributed by atoms with Crippen molar-refractivity contribution in [3.05, 3.63) is 29.3 Å². The van der Waals surface area contributed by atoms with Gasteiger partial charge in [-0.05, 0) is 19.1 Å². The monoisotopic (exact) mass is 345 g/mol. The number of nitrogens with one attached hydrogen (secondary N) is 1. The van der Waals surface area contributed by atoms with Gasteiger partial charge in [0.15, 0.2) is 16.6 Å². The van der Waals surface area contributed by atoms with Crippen LogP contribution >= 0.6 is 11.3 Å². The summed E-state index contributed by atoms with van der Waals surface area (Å²) < 4.78 is 10.6. The van der Waals surface area contributed by atoms with Crippen LogP contribution in [-0.4, -0.2) is 30.1 Å². The molecule has 8 heteroatoms. The second-order valence-electron chi connectivity index (χ2n) is 5.73. The average Bonchev–Trinajstić information content (AvgIpc) is 3.26. The summed E-state index contributed by atoms with van der Waals surface area (Å²) >= 11 is 1.38. The van der Waals surface area contributed by atoms with Crippen molar-refractivity contribution in [3.8, 4) is 11.5 Å². The Hall–Kier alpha value is -2.61. The standard InChI is InChI=1S/C16H15N3O4S/c1-9-7-24-16(17-9)18-15(21)10-4-14(20)19(6-10)11-2-3-12-13(5-11)23-8-22-12/h2-3,5,7,10H,4,6,8H2,1H3,(H,17,18,21). The third-order valence-corrected chi connectivity index (χ3v) is 4.89. The first-order chi connectivity index (χ1) is 11.6. The zero-order valence-corrected chi connectivity index (χ0v) is 13.8. The Bertz CT molecular complexity index is 819. The first kappa shape index (κ1) is 14.9. The molecule has 0 spiro atoms. The summed E-state index contributed by atoms with van der Waals surface area (Å²) in [6.07, 6.45) is 0.185. The zero-order chi connectivity index (χ0) is 16.7. The summed E-state index contributed by atoms with van der Waals surface area (Å²) in [5, 5.41) is 5.21. The Morgan fingerprint density at radius 2 is 2.21 bits per heavy atom. The third-order valence-electron chi connectivity index (χ3n) is 4.01. The lowest BCUT2D eigenvalue weighted by atomic mass is 10.1. The smallest absolute Gasteiger partial charge is 0.231 e. The van der Waals surface area contributed by atoms with E-state index in [1.807, 2.05) is 12.3 Å². The van der Waals surface area contributed by atoms with Gasteiger partial charge in [0.1, 0.15) is 0 Å². The number of nitrogens with zero attached hydrogens (tertiary/aromatic N) is 2. The van der Waals surface area contributed by atoms with Gasteiger partial charge in [0.05, 0.1) is 11.6 Å². The number of anilines is 2. The van der Waals surface area contributed by atoms with Gasteiger partial charge in [-0.1, -0.05) is 0 Å². The molecule has 1 unspecified atom stereocenters. The fourth-order valence-electron chi connectivity index (χ4n) is 2.80. The van der Waals surface area contributed by atoms with Crippen molar-refractivity contribution in [1.29, 1.82) is 0 Å². The molecule has 3 heterocycles. The molecule has 124 valence electrons. The van der Waals surface area contributed by atoms with Crippen molar-refractivity contribution < 1.29 is 19.1 Å². The minimum Gasteiger partial charge on any atom is -0.454 e. The second-order valence-corrected chi connectivity index (χ2v) is 6.58. The number of aromatic nitrogens is 1. The predicted octanol–water partition coefficient (Wildman–Crippen LogP) is 2.17. The summed E-state index contributed by atoms with van der Waals surface area (Å²) in [4.78, 5) is 30.5. The van der Waals surface area contributed by atoms with Gasteiger partial charge in [-0.15, -0.1) is 11.3 Å². The van der Waals surface area contributed by atoms with E-state index in [0.717, 1.165) is 5.69 Å². The van der Waals surface area contributed by atoms with Crippen LogP contribution in [0.4, 0.5) is 10.8 Å². The predicted molar refractivity (Wildman–Crippen MR) is 88.5 cm³/mol. The van der Waals surface area contributed by atoms with Crippen molar-refractivity contribution in [3.63, 3.8) is 0 Å². The molecular formula is C16H15N3O4S. The molecule has 1 fully saturated rings. The Morgan fingerprint density at radius 1 is 1.38 bits per heavy atom. The lowest BCUT2D eigenvalue weighted by Crippen LogP contribution is -2.28. The summed E-state index contributed by atoms with van der Waals surface area (Å²) in [5.74, 6) is 0.627. The molecule has 1 aromatic carbocycles. The first-order valence-electron chi connectivity index (χ1n) is 7.53. The molecular weight excluding hydrogens is 330 g/mol. The van der Waals surface area contributed by atoms with E-state index in [2.05, 4.69) is 10.3 Å². The second kappa shape index (κ2) is 5.79. The molecule has 1 aromatic heterocycles. The number of carbonyl (C=O) groups excluding carboxylic acids is 2. The molecule has 2 aromatic rings. The molecule has 0 radical (unpaired) electrons. The Morgan fingerprint density at radius 3 is 3.00 bits per heavy atom. The van der Waals surface area contributed by atoms with Crippen LogP contribution in [0.25, 0.3) is 0 Å². The van der Waals surface area contributed by atoms with E-state index >= 15 is 0 Å². The van der Waals surface area contributed by atoms with Gasteiger partial charge in [-0.3, -0.25) is 9.59 Å². The van der Waals surface area contributed by atoms with Crippen LogP contribution in [0.2, 0.25) is 0 Å². The van der Waals surface area contributed by atoms with Crippen LogP contribution in [0.5, 0.6) is 11.5 Å². The molecule has 7 nitrogen and oxygen atoms in total. The molecule has 2 aliphatic heterocycles. The number of fused-ring (bicyclic) bond motifs is 1. The lowest BCUT2D eigenvalue weighted by molar-refractivity contribution is -0.122. The quantitative estimate of drug-likeness (QED) is 0.922. The number of ether oxygens (including phenoxy) is 2. The van der Waals surface area contributed by atoms with Crippen molar-refractivity contribution in [1.82, 2.24) is 4.98 Å². The van der Waals surface area contributed by atoms with Crippen molar-refractivity contribution in [2.24, 2.45) is 5.92 Å². The molecule has 24 heavy (non-hydrogen) atoms. The topological polar surface area (TPSA) is 80.8 Å². The Labute approximate surface area is 142 Å². The highest BCUT2D eigenvalue weighted by molar-refractivity contribution is 7.13. The minimum absolute atomic E-state index is 0.0793. The number of hydrogen-bond acceptors (Lipinski definition) is 6. The van der Waals surface area contributed by atoms with Crippen LogP contribution in [0, 0.1) is 12.8 Å². The molecule has 4 rings (SSSR count). The van der Waals surface area contributed by atoms with Crippen LogP contribution in [0.3, 0.4) is 0 Å². The Balaban J connectivity index is 1.47. The van der Waals surface area contributed by atoms with Crippen molar-refractivity contribution >= 4 is 34.0 Å². The summed E-state index contributed by atoms with van der Waals surface area (Å²) in [7, 11) is 0. The van der Waals surface area contributed by atoms with Crippen LogP contribution < -0.4 is 19.7 Å². The highest BCUT2D eigenvalue weighted by Gasteiger charge is 2.36. The number of thiazole rings is 1. The number of carbonyl (C=O) groups is 2. The van der Waals surface area contributed by atoms with E-state index < -0.39 is 5.92 Å². The fraction of sp³-hybridized carbons (Fsp3) is 0.312. The zero-order valence-electron chi connectivity index (χ0n) is 12.9. The number of rotatable bonds is 3. The molecule has 1 saturated heterocycles. The molecule has 0 aliphatic carbocycles. The molecule has 0 saturated carbocycles. The SMILES string of the molecule is Cc1csc(NC(=O)C2CC(=O)N(c3ccc4c(c3)OCO4)C2)n1. The van der Waals surface area contributed by atoms with Gasteiger partial charge in [0.2, 0.25) is 18.6 Å². The van der Waals surface area contributed by atoms with Crippen LogP contribution in [0.15, 0.2) is 23.6 Å². The van der Waals surface area contributed by atoms with Crippen molar-refractivity contribution in [2.45, 2.75) is 13.3 Å². The third kappa shape index (κ3) is 2.69. The number of amides is 2. The van der Waals surface area contributed by atoms with Crippen LogP contribution in [0.1, 0.15) is 12.1 Å². The van der Waals surface area contributed by atoms with Gasteiger partial charge >= 0.3 is 0 Å². The Kier molecular flexibility index (Phi) is 3.61. The summed E-state index contributed by atoms with van der Waals surface area (Å²) in [5.41, 5.74) is 1.57. The van der Waals surface area contributed by atoms with Gasteiger partial charge in [-0.2, -0.15) is 0 Å². The fourth-order valence-corrected chi connectivity index (χ4v) is 3.50. The van der Waals surface area contributed by atoms with E-state index in [4.69, 9.17) is 9.47 Å². The first-order valence-corrected chi connectivity index (χ1v) is 8.41. The van der Waals surface area contributed by atoms with E-state index in [1.165, 1.54) is 11.3 Å². The lowest BCUT2D eigenvalue weighted by Gasteiger charge is -2.17. The largest absolute Gasteiger partial charge is 0.454 e. The minimum atomic E-state index is -0.396. The van der Waals surface area contributed by atoms with Crippen molar-refractivity contribution in [2.75, 3.05) is 23.6 Å². The summed E-state index contributed by atoms with van der Waals surface area (Å²) in [6.45, 7) is 2.40. The van der Waals surface area contributed by atoms with E-state index in [1.54, 1.807) is 23.1 Å². The highest BCUT2D eigenvalue weighted by Crippen LogP contribution is 2.37. The van der Waals surface area contributed by atoms with Gasteiger partial charge < -0.3 is 19.7 Å². The van der Waals surface area contributed by atoms with E-state index in [-0.39, 0.29) is 25.0 Å². The highest BCUT2D eigenvalue weighted by atomic mass is 32.1. The van der Waals surface area contributed by atoms with Crippen LogP contribution in [-0.2, 0) is 9.59 Å². The number of benzene rings is 1. The normalized spacial score (nSPS) is 19.0. The van der Waals surface area contributed by atoms with Gasteiger partial charge in [-0.25, -0.2) is 4.98 Å². The maximum absolute atomic E-state index is 12.4. The van der Waals surface area contributed by atoms with Gasteiger partial charge in [0.25, 0.3) is 0 Å². The molecule has 2 amide bonds. The molecule has 1 atom stereocenters. The molecule has 0 bridgehead atoms. The summed E-state index contributed by atoms with van der Waals surface area (Å²) in [6, 6.07) is 5.34. The number of hydrogen-bond donors (Lipinski definition) is 1. The molecule has 1 N–H and O–H groups in total. The maximum atomic E-state index is 12.4.